The molecule has 0 aliphatic carbocycles. The van der Waals surface area contributed by atoms with Crippen LogP contribution in [0.4, 0.5) is 5.69 Å². The van der Waals surface area contributed by atoms with Crippen LogP contribution in [0.2, 0.25) is 5.02 Å². The summed E-state index contributed by atoms with van der Waals surface area (Å²) < 4.78 is 38.6. The summed E-state index contributed by atoms with van der Waals surface area (Å²) in [6.07, 6.45) is 0. The SMILES string of the molecule is COc1cccc(OCCNC(=O)CN(c2cccc(Cl)c2C)S(=O)(=O)c2ccccc2)c1. The first kappa shape index (κ1) is 24.4. The lowest BCUT2D eigenvalue weighted by molar-refractivity contribution is -0.119. The fourth-order valence-electron chi connectivity index (χ4n) is 3.12. The van der Waals surface area contributed by atoms with E-state index >= 15 is 0 Å². The van der Waals surface area contributed by atoms with Crippen LogP contribution in [-0.2, 0) is 14.8 Å². The van der Waals surface area contributed by atoms with Crippen molar-refractivity contribution in [2.75, 3.05) is 31.1 Å². The molecule has 3 aromatic carbocycles. The molecule has 0 saturated heterocycles. The maximum Gasteiger partial charge on any atom is 0.264 e. The van der Waals surface area contributed by atoms with Crippen molar-refractivity contribution in [1.82, 2.24) is 5.32 Å². The Kier molecular flexibility index (Phi) is 8.19. The molecular weight excluding hydrogens is 464 g/mol. The molecule has 7 nitrogen and oxygen atoms in total. The predicted molar refractivity (Wildman–Crippen MR) is 129 cm³/mol. The summed E-state index contributed by atoms with van der Waals surface area (Å²) in [4.78, 5) is 12.8. The molecule has 0 aromatic heterocycles. The van der Waals surface area contributed by atoms with Crippen LogP contribution in [0.5, 0.6) is 11.5 Å². The lowest BCUT2D eigenvalue weighted by Crippen LogP contribution is -2.42. The summed E-state index contributed by atoms with van der Waals surface area (Å²) in [5.41, 5.74) is 0.905. The molecule has 1 N–H and O–H groups in total. The number of rotatable bonds is 10. The molecule has 174 valence electrons. The molecule has 9 heteroatoms. The van der Waals surface area contributed by atoms with E-state index in [0.29, 0.717) is 27.8 Å². The number of anilines is 1. The molecule has 0 bridgehead atoms. The number of nitrogens with one attached hydrogen (secondary N) is 1. The van der Waals surface area contributed by atoms with Crippen molar-refractivity contribution >= 4 is 33.2 Å². The van der Waals surface area contributed by atoms with E-state index in [-0.39, 0.29) is 18.0 Å². The van der Waals surface area contributed by atoms with Crippen molar-refractivity contribution in [3.8, 4) is 11.5 Å². The number of nitrogens with zero attached hydrogens (tertiary/aromatic N) is 1. The van der Waals surface area contributed by atoms with E-state index in [1.54, 1.807) is 74.7 Å². The second-order valence-corrected chi connectivity index (χ2v) is 9.36. The average Bonchev–Trinajstić information content (AvgIpc) is 2.83. The molecule has 0 fully saturated rings. The Morgan fingerprint density at radius 1 is 1.00 bits per heavy atom. The van der Waals surface area contributed by atoms with Crippen LogP contribution < -0.4 is 19.1 Å². The van der Waals surface area contributed by atoms with Crippen LogP contribution in [0.3, 0.4) is 0 Å². The van der Waals surface area contributed by atoms with Crippen molar-refractivity contribution in [3.05, 3.63) is 83.4 Å². The smallest absolute Gasteiger partial charge is 0.264 e. The van der Waals surface area contributed by atoms with Crippen molar-refractivity contribution in [3.63, 3.8) is 0 Å². The zero-order valence-electron chi connectivity index (χ0n) is 18.3. The monoisotopic (exact) mass is 488 g/mol. The third-order valence-corrected chi connectivity index (χ3v) is 7.04. The number of ether oxygens (including phenoxy) is 2. The van der Waals surface area contributed by atoms with Gasteiger partial charge in [0.15, 0.2) is 0 Å². The summed E-state index contributed by atoms with van der Waals surface area (Å²) in [6, 6.07) is 20.0. The fraction of sp³-hybridized carbons (Fsp3) is 0.208. The molecule has 0 saturated carbocycles. The molecule has 33 heavy (non-hydrogen) atoms. The van der Waals surface area contributed by atoms with Crippen LogP contribution in [0.15, 0.2) is 77.7 Å². The molecule has 0 aliphatic rings. The molecule has 3 rings (SSSR count). The molecular formula is C24H25ClN2O5S. The molecule has 0 radical (unpaired) electrons. The van der Waals surface area contributed by atoms with E-state index < -0.39 is 22.5 Å². The Balaban J connectivity index is 1.72. The number of amides is 1. The van der Waals surface area contributed by atoms with Crippen molar-refractivity contribution in [2.24, 2.45) is 0 Å². The van der Waals surface area contributed by atoms with Gasteiger partial charge >= 0.3 is 0 Å². The Hall–Kier alpha value is -3.23. The van der Waals surface area contributed by atoms with Gasteiger partial charge in [0.1, 0.15) is 24.7 Å². The Labute approximate surface area is 198 Å². The molecule has 3 aromatic rings. The third-order valence-electron chi connectivity index (χ3n) is 4.86. The normalized spacial score (nSPS) is 11.0. The van der Waals surface area contributed by atoms with Crippen LogP contribution in [0.25, 0.3) is 0 Å². The Morgan fingerprint density at radius 3 is 2.42 bits per heavy atom. The van der Waals surface area contributed by atoms with E-state index in [9.17, 15) is 13.2 Å². The molecule has 0 heterocycles. The standard InChI is InChI=1S/C24H25ClN2O5S/c1-18-22(25)12-7-13-23(18)27(33(29,30)21-10-4-3-5-11-21)17-24(28)26-14-15-32-20-9-6-8-19(16-20)31-2/h3-13,16H,14-15,17H2,1-2H3,(H,26,28). The van der Waals surface area contributed by atoms with Crippen LogP contribution in [0, 0.1) is 6.92 Å². The lowest BCUT2D eigenvalue weighted by atomic mass is 10.2. The second-order valence-electron chi connectivity index (χ2n) is 7.09. The number of benzene rings is 3. The summed E-state index contributed by atoms with van der Waals surface area (Å²) in [5.74, 6) is 0.796. The first-order chi connectivity index (χ1) is 15.8. The van der Waals surface area contributed by atoms with Crippen LogP contribution >= 0.6 is 11.6 Å². The number of halogens is 1. The number of sulfonamides is 1. The van der Waals surface area contributed by atoms with Gasteiger partial charge in [0, 0.05) is 11.1 Å². The van der Waals surface area contributed by atoms with Gasteiger partial charge in [-0.1, -0.05) is 41.9 Å². The third kappa shape index (κ3) is 6.18. The van der Waals surface area contributed by atoms with Crippen molar-refractivity contribution in [2.45, 2.75) is 11.8 Å². The highest BCUT2D eigenvalue weighted by molar-refractivity contribution is 7.92. The zero-order chi connectivity index (χ0) is 23.8. The van der Waals surface area contributed by atoms with E-state index in [2.05, 4.69) is 5.32 Å². The summed E-state index contributed by atoms with van der Waals surface area (Å²) in [7, 11) is -2.44. The lowest BCUT2D eigenvalue weighted by Gasteiger charge is -2.26. The van der Waals surface area contributed by atoms with E-state index in [1.165, 1.54) is 12.1 Å². The largest absolute Gasteiger partial charge is 0.497 e. The second kappa shape index (κ2) is 11.1. The molecule has 0 aliphatic heterocycles. The van der Waals surface area contributed by atoms with E-state index in [1.807, 2.05) is 0 Å². The minimum absolute atomic E-state index is 0.0820. The Morgan fingerprint density at radius 2 is 1.70 bits per heavy atom. The molecule has 0 spiro atoms. The quantitative estimate of drug-likeness (QED) is 0.435. The van der Waals surface area contributed by atoms with Crippen LogP contribution in [-0.4, -0.2) is 41.1 Å². The van der Waals surface area contributed by atoms with Gasteiger partial charge in [-0.2, -0.15) is 0 Å². The summed E-state index contributed by atoms with van der Waals surface area (Å²) in [5, 5.41) is 3.12. The van der Waals surface area contributed by atoms with Gasteiger partial charge in [-0.05, 0) is 48.9 Å². The van der Waals surface area contributed by atoms with Gasteiger partial charge in [-0.3, -0.25) is 9.10 Å². The van der Waals surface area contributed by atoms with E-state index in [4.69, 9.17) is 21.1 Å². The predicted octanol–water partition coefficient (Wildman–Crippen LogP) is 4.05. The van der Waals surface area contributed by atoms with Gasteiger partial charge in [-0.15, -0.1) is 0 Å². The molecule has 0 atom stereocenters. The zero-order valence-corrected chi connectivity index (χ0v) is 19.9. The fourth-order valence-corrected chi connectivity index (χ4v) is 4.79. The number of hydrogen-bond donors (Lipinski definition) is 1. The first-order valence-corrected chi connectivity index (χ1v) is 12.0. The highest BCUT2D eigenvalue weighted by Crippen LogP contribution is 2.30. The highest BCUT2D eigenvalue weighted by atomic mass is 35.5. The first-order valence-electron chi connectivity index (χ1n) is 10.2. The van der Waals surface area contributed by atoms with Gasteiger partial charge < -0.3 is 14.8 Å². The molecule has 0 unspecified atom stereocenters. The number of carbonyl (C=O) groups is 1. The minimum Gasteiger partial charge on any atom is -0.497 e. The summed E-state index contributed by atoms with van der Waals surface area (Å²) >= 11 is 6.23. The topological polar surface area (TPSA) is 84.9 Å². The van der Waals surface area contributed by atoms with Gasteiger partial charge in [0.05, 0.1) is 24.2 Å². The maximum atomic E-state index is 13.4. The van der Waals surface area contributed by atoms with Crippen LogP contribution in [0.1, 0.15) is 5.56 Å². The number of hydrogen-bond acceptors (Lipinski definition) is 5. The highest BCUT2D eigenvalue weighted by Gasteiger charge is 2.28. The Bertz CT molecular complexity index is 1200. The minimum atomic E-state index is -4.00. The van der Waals surface area contributed by atoms with Gasteiger partial charge in [0.25, 0.3) is 10.0 Å². The van der Waals surface area contributed by atoms with E-state index in [0.717, 1.165) is 4.31 Å². The van der Waals surface area contributed by atoms with Gasteiger partial charge in [0.2, 0.25) is 5.91 Å². The average molecular weight is 489 g/mol. The summed E-state index contributed by atoms with van der Waals surface area (Å²) in [6.45, 7) is 1.72. The molecule has 1 amide bonds. The number of methoxy groups -OCH3 is 1. The van der Waals surface area contributed by atoms with Gasteiger partial charge in [-0.25, -0.2) is 8.42 Å². The van der Waals surface area contributed by atoms with Crippen molar-refractivity contribution in [1.29, 1.82) is 0 Å². The van der Waals surface area contributed by atoms with Crippen molar-refractivity contribution < 1.29 is 22.7 Å². The number of carbonyl (C=O) groups excluding carboxylic acids is 1. The maximum absolute atomic E-state index is 13.4.